The average molecular weight is 293 g/mol. The predicted molar refractivity (Wildman–Crippen MR) is 84.8 cm³/mol. The molecule has 0 fully saturated rings. The van der Waals surface area contributed by atoms with Gasteiger partial charge >= 0.3 is 5.97 Å². The number of hydrogen-bond acceptors (Lipinski definition) is 4. The van der Waals surface area contributed by atoms with E-state index in [-0.39, 0.29) is 5.97 Å². The lowest BCUT2D eigenvalue weighted by Crippen LogP contribution is -2.24. The predicted octanol–water partition coefficient (Wildman–Crippen LogP) is 2.96. The second-order valence-electron chi connectivity index (χ2n) is 5.38. The highest BCUT2D eigenvalue weighted by molar-refractivity contribution is 5.69. The lowest BCUT2D eigenvalue weighted by molar-refractivity contribution is -0.143. The Morgan fingerprint density at radius 1 is 1.14 bits per heavy atom. The van der Waals surface area contributed by atoms with E-state index in [1.54, 1.807) is 0 Å². The lowest BCUT2D eigenvalue weighted by Gasteiger charge is -2.16. The Morgan fingerprint density at radius 3 is 2.43 bits per heavy atom. The highest BCUT2D eigenvalue weighted by Gasteiger charge is 2.05. The third-order valence-electron chi connectivity index (χ3n) is 3.15. The minimum absolute atomic E-state index is 0.129. The number of hydrogen-bond donors (Lipinski definition) is 0. The molecule has 118 valence electrons. The van der Waals surface area contributed by atoms with Crippen molar-refractivity contribution in [2.75, 3.05) is 33.4 Å². The van der Waals surface area contributed by atoms with E-state index >= 15 is 0 Å². The van der Waals surface area contributed by atoms with E-state index in [4.69, 9.17) is 9.47 Å². The maximum absolute atomic E-state index is 11.3. The molecule has 0 saturated heterocycles. The van der Waals surface area contributed by atoms with E-state index in [1.807, 2.05) is 14.0 Å². The zero-order valence-corrected chi connectivity index (χ0v) is 13.6. The molecule has 0 unspecified atom stereocenters. The Morgan fingerprint density at radius 2 is 1.81 bits per heavy atom. The van der Waals surface area contributed by atoms with Crippen LogP contribution in [0.3, 0.4) is 0 Å². The van der Waals surface area contributed by atoms with Crippen LogP contribution in [0.2, 0.25) is 0 Å². The number of aryl methyl sites for hydroxylation is 2. The third-order valence-corrected chi connectivity index (χ3v) is 3.15. The maximum atomic E-state index is 11.3. The van der Waals surface area contributed by atoms with Gasteiger partial charge in [0.2, 0.25) is 0 Å². The van der Waals surface area contributed by atoms with Gasteiger partial charge in [0, 0.05) is 13.1 Å². The smallest absolute Gasteiger partial charge is 0.307 e. The summed E-state index contributed by atoms with van der Waals surface area (Å²) in [7, 11) is 2.01. The van der Waals surface area contributed by atoms with Crippen molar-refractivity contribution < 1.29 is 14.3 Å². The van der Waals surface area contributed by atoms with Crippen molar-refractivity contribution in [3.63, 3.8) is 0 Å². The van der Waals surface area contributed by atoms with E-state index in [0.29, 0.717) is 19.6 Å². The number of carbonyl (C=O) groups excluding carboxylic acids is 1. The summed E-state index contributed by atoms with van der Waals surface area (Å²) in [5, 5.41) is 0. The molecule has 4 heteroatoms. The van der Waals surface area contributed by atoms with Crippen LogP contribution in [0.1, 0.15) is 30.9 Å². The highest BCUT2D eigenvalue weighted by Crippen LogP contribution is 2.16. The molecule has 0 spiro atoms. The standard InChI is InChI=1S/C17H27NO3/c1-5-20-17(19)7-9-18(4)8-6-10-21-16-12-14(2)11-15(3)13-16/h11-13H,5-10H2,1-4H3. The summed E-state index contributed by atoms with van der Waals surface area (Å²) in [5.41, 5.74) is 2.44. The molecular formula is C17H27NO3. The molecule has 0 saturated carbocycles. The first kappa shape index (κ1) is 17.5. The van der Waals surface area contributed by atoms with Gasteiger partial charge in [-0.2, -0.15) is 0 Å². The van der Waals surface area contributed by atoms with E-state index in [2.05, 4.69) is 36.9 Å². The second-order valence-corrected chi connectivity index (χ2v) is 5.38. The summed E-state index contributed by atoms with van der Waals surface area (Å²) < 4.78 is 10.7. The number of rotatable bonds is 9. The molecule has 0 aliphatic carbocycles. The first-order chi connectivity index (χ1) is 10.0. The summed E-state index contributed by atoms with van der Waals surface area (Å²) >= 11 is 0. The molecule has 0 amide bonds. The van der Waals surface area contributed by atoms with Crippen LogP contribution < -0.4 is 4.74 Å². The van der Waals surface area contributed by atoms with Crippen molar-refractivity contribution in [3.05, 3.63) is 29.3 Å². The fourth-order valence-electron chi connectivity index (χ4n) is 2.17. The Hall–Kier alpha value is -1.55. The monoisotopic (exact) mass is 293 g/mol. The molecule has 1 rings (SSSR count). The van der Waals surface area contributed by atoms with Crippen molar-refractivity contribution in [1.29, 1.82) is 0 Å². The molecule has 0 bridgehead atoms. The number of benzene rings is 1. The van der Waals surface area contributed by atoms with Crippen LogP contribution in [0.25, 0.3) is 0 Å². The van der Waals surface area contributed by atoms with Crippen molar-refractivity contribution in [1.82, 2.24) is 4.90 Å². The van der Waals surface area contributed by atoms with Gasteiger partial charge in [0.25, 0.3) is 0 Å². The molecule has 0 radical (unpaired) electrons. The summed E-state index contributed by atoms with van der Waals surface area (Å²) in [6.07, 6.45) is 1.38. The van der Waals surface area contributed by atoms with Gasteiger partial charge in [-0.25, -0.2) is 0 Å². The van der Waals surface area contributed by atoms with Gasteiger partial charge in [-0.3, -0.25) is 4.79 Å². The van der Waals surface area contributed by atoms with Crippen molar-refractivity contribution >= 4 is 5.97 Å². The van der Waals surface area contributed by atoms with Crippen LogP contribution in [0, 0.1) is 13.8 Å². The zero-order chi connectivity index (χ0) is 15.7. The minimum Gasteiger partial charge on any atom is -0.494 e. The molecule has 21 heavy (non-hydrogen) atoms. The fourth-order valence-corrected chi connectivity index (χ4v) is 2.17. The Bertz CT molecular complexity index is 425. The molecule has 0 aromatic heterocycles. The van der Waals surface area contributed by atoms with Crippen LogP contribution in [-0.2, 0) is 9.53 Å². The SMILES string of the molecule is CCOC(=O)CCN(C)CCCOc1cc(C)cc(C)c1. The summed E-state index contributed by atoms with van der Waals surface area (Å²) in [6.45, 7) is 8.74. The quantitative estimate of drug-likeness (QED) is 0.518. The highest BCUT2D eigenvalue weighted by atomic mass is 16.5. The van der Waals surface area contributed by atoms with Gasteiger partial charge in [0.05, 0.1) is 19.6 Å². The molecule has 1 aromatic rings. The van der Waals surface area contributed by atoms with Crippen LogP contribution >= 0.6 is 0 Å². The topological polar surface area (TPSA) is 38.8 Å². The van der Waals surface area contributed by atoms with Crippen molar-refractivity contribution in [2.24, 2.45) is 0 Å². The van der Waals surface area contributed by atoms with Crippen molar-refractivity contribution in [3.8, 4) is 5.75 Å². The van der Waals surface area contributed by atoms with E-state index < -0.39 is 0 Å². The fraction of sp³-hybridized carbons (Fsp3) is 0.588. The number of ether oxygens (including phenoxy) is 2. The zero-order valence-electron chi connectivity index (χ0n) is 13.6. The minimum atomic E-state index is -0.129. The molecule has 0 N–H and O–H groups in total. The van der Waals surface area contributed by atoms with Gasteiger partial charge in [-0.05, 0) is 57.5 Å². The first-order valence-electron chi connectivity index (χ1n) is 7.56. The molecular weight excluding hydrogens is 266 g/mol. The van der Waals surface area contributed by atoms with Crippen LogP contribution in [-0.4, -0.2) is 44.2 Å². The largest absolute Gasteiger partial charge is 0.494 e. The molecule has 0 heterocycles. The molecule has 0 aliphatic heterocycles. The Kier molecular flexibility index (Phi) is 7.83. The molecule has 1 aromatic carbocycles. The first-order valence-corrected chi connectivity index (χ1v) is 7.56. The van der Waals surface area contributed by atoms with Gasteiger partial charge in [-0.15, -0.1) is 0 Å². The van der Waals surface area contributed by atoms with Gasteiger partial charge < -0.3 is 14.4 Å². The Balaban J connectivity index is 2.17. The number of carbonyl (C=O) groups is 1. The van der Waals surface area contributed by atoms with Gasteiger partial charge in [0.15, 0.2) is 0 Å². The lowest BCUT2D eigenvalue weighted by atomic mass is 10.1. The maximum Gasteiger partial charge on any atom is 0.307 e. The third kappa shape index (κ3) is 7.71. The van der Waals surface area contributed by atoms with E-state index in [1.165, 1.54) is 11.1 Å². The Labute approximate surface area is 128 Å². The van der Waals surface area contributed by atoms with E-state index in [9.17, 15) is 4.79 Å². The summed E-state index contributed by atoms with van der Waals surface area (Å²) in [6, 6.07) is 6.24. The number of esters is 1. The normalized spacial score (nSPS) is 10.7. The molecule has 4 nitrogen and oxygen atoms in total. The molecule has 0 atom stereocenters. The average Bonchev–Trinajstić information content (AvgIpc) is 2.41. The number of nitrogens with zero attached hydrogens (tertiary/aromatic N) is 1. The summed E-state index contributed by atoms with van der Waals surface area (Å²) in [5.74, 6) is 0.803. The van der Waals surface area contributed by atoms with Gasteiger partial charge in [-0.1, -0.05) is 6.07 Å². The van der Waals surface area contributed by atoms with Crippen LogP contribution in [0.15, 0.2) is 18.2 Å². The van der Waals surface area contributed by atoms with Crippen molar-refractivity contribution in [2.45, 2.75) is 33.6 Å². The molecule has 0 aliphatic rings. The van der Waals surface area contributed by atoms with E-state index in [0.717, 1.165) is 25.3 Å². The second kappa shape index (κ2) is 9.40. The van der Waals surface area contributed by atoms with Crippen LogP contribution in [0.4, 0.5) is 0 Å². The summed E-state index contributed by atoms with van der Waals surface area (Å²) in [4.78, 5) is 13.4. The van der Waals surface area contributed by atoms with Gasteiger partial charge in [0.1, 0.15) is 5.75 Å². The van der Waals surface area contributed by atoms with Crippen LogP contribution in [0.5, 0.6) is 5.75 Å².